The molecule has 1 aliphatic heterocycles. The number of rotatable bonds is 8. The van der Waals surface area contributed by atoms with Gasteiger partial charge in [0.15, 0.2) is 5.82 Å². The first-order valence-electron chi connectivity index (χ1n) is 12.0. The first-order chi connectivity index (χ1) is 17.2. The highest BCUT2D eigenvalue weighted by atomic mass is 35.5. The highest BCUT2D eigenvalue weighted by Crippen LogP contribution is 2.34. The van der Waals surface area contributed by atoms with E-state index in [0.717, 1.165) is 18.7 Å². The van der Waals surface area contributed by atoms with Gasteiger partial charge in [0.2, 0.25) is 5.91 Å². The van der Waals surface area contributed by atoms with Crippen molar-refractivity contribution in [2.75, 3.05) is 32.6 Å². The Kier molecular flexibility index (Phi) is 7.92. The van der Waals surface area contributed by atoms with Crippen molar-refractivity contribution < 1.29 is 13.9 Å². The Morgan fingerprint density at radius 1 is 1.28 bits per heavy atom. The molecule has 10 heteroatoms. The van der Waals surface area contributed by atoms with Crippen molar-refractivity contribution in [3.63, 3.8) is 0 Å². The maximum atomic E-state index is 14.6. The minimum Gasteiger partial charge on any atom is -0.496 e. The Labute approximate surface area is 215 Å². The van der Waals surface area contributed by atoms with Crippen molar-refractivity contribution in [3.05, 3.63) is 53.1 Å². The number of methoxy groups -OCH3 is 1. The van der Waals surface area contributed by atoms with E-state index < -0.39 is 11.4 Å². The van der Waals surface area contributed by atoms with Gasteiger partial charge in [0, 0.05) is 29.6 Å². The van der Waals surface area contributed by atoms with E-state index in [1.54, 1.807) is 19.2 Å². The topological polar surface area (TPSA) is 91.4 Å². The molecule has 0 bridgehead atoms. The van der Waals surface area contributed by atoms with Crippen molar-refractivity contribution >= 4 is 39.9 Å². The Morgan fingerprint density at radius 3 is 2.72 bits per heavy atom. The molecule has 0 atom stereocenters. The summed E-state index contributed by atoms with van der Waals surface area (Å²) in [5.74, 6) is 0.579. The summed E-state index contributed by atoms with van der Waals surface area (Å²) in [6.45, 7) is 5.92. The van der Waals surface area contributed by atoms with Crippen LogP contribution in [0.4, 0.5) is 15.9 Å². The molecule has 0 radical (unpaired) electrons. The molecular weight excluding hydrogens is 483 g/mol. The van der Waals surface area contributed by atoms with Gasteiger partial charge in [0.25, 0.3) is 0 Å². The van der Waals surface area contributed by atoms with Crippen LogP contribution in [0.3, 0.4) is 0 Å². The summed E-state index contributed by atoms with van der Waals surface area (Å²) in [5.41, 5.74) is 1.09. The van der Waals surface area contributed by atoms with Crippen molar-refractivity contribution in [3.8, 4) is 5.75 Å². The lowest BCUT2D eigenvalue weighted by Crippen LogP contribution is -2.62. The molecule has 2 heterocycles. The van der Waals surface area contributed by atoms with Crippen molar-refractivity contribution in [1.29, 1.82) is 0 Å². The number of benzene rings is 2. The second-order valence-electron chi connectivity index (χ2n) is 9.40. The van der Waals surface area contributed by atoms with Gasteiger partial charge in [0.05, 0.1) is 23.3 Å². The summed E-state index contributed by atoms with van der Waals surface area (Å²) in [6.07, 6.45) is 2.81. The highest BCUT2D eigenvalue weighted by molar-refractivity contribution is 6.31. The maximum absolute atomic E-state index is 14.6. The largest absolute Gasteiger partial charge is 0.496 e. The Balaban J connectivity index is 1.71. The van der Waals surface area contributed by atoms with E-state index in [1.807, 2.05) is 33.0 Å². The second-order valence-corrected chi connectivity index (χ2v) is 9.80. The van der Waals surface area contributed by atoms with Gasteiger partial charge in [-0.15, -0.1) is 0 Å². The maximum Gasteiger partial charge on any atom is 0.240 e. The fourth-order valence-corrected chi connectivity index (χ4v) is 4.87. The molecule has 3 aromatic rings. The average molecular weight is 515 g/mol. The number of carbonyl (C=O) groups is 1. The minimum atomic E-state index is -0.645. The van der Waals surface area contributed by atoms with Crippen LogP contribution in [-0.2, 0) is 11.3 Å². The Bertz CT molecular complexity index is 1250. The lowest BCUT2D eigenvalue weighted by molar-refractivity contribution is -0.135. The van der Waals surface area contributed by atoms with Crippen molar-refractivity contribution in [2.24, 2.45) is 0 Å². The number of likely N-dealkylation sites (N-methyl/N-ethyl adjacent to an activating group) is 1. The number of ether oxygens (including phenoxy) is 1. The van der Waals surface area contributed by atoms with Crippen LogP contribution in [0.25, 0.3) is 10.9 Å². The summed E-state index contributed by atoms with van der Waals surface area (Å²) in [4.78, 5) is 24.2. The van der Waals surface area contributed by atoms with Gasteiger partial charge in [-0.05, 0) is 65.0 Å². The number of hydrogen-bond acceptors (Lipinski definition) is 7. The van der Waals surface area contributed by atoms with Crippen LogP contribution in [0.2, 0.25) is 5.02 Å². The first kappa shape index (κ1) is 26.1. The van der Waals surface area contributed by atoms with Gasteiger partial charge in [0.1, 0.15) is 23.4 Å². The molecule has 0 aliphatic carbocycles. The smallest absolute Gasteiger partial charge is 0.240 e. The standard InChI is InChI=1S/C26H32ClFN6O2/c1-16(2)32-25(35)26(8-10-29-11-9-26)34(3)14-17-12-18-21(13-22(17)36-4)30-15-31-24(18)33-20-7-5-6-19(27)23(20)28/h5-7,12-13,15-16,29H,8-11,14H2,1-4H3,(H,32,35)(H,30,31,33). The Morgan fingerprint density at radius 2 is 2.03 bits per heavy atom. The van der Waals surface area contributed by atoms with Crippen LogP contribution in [0, 0.1) is 5.82 Å². The molecule has 1 amide bonds. The molecule has 2 aromatic carbocycles. The number of nitrogens with one attached hydrogen (secondary N) is 3. The van der Waals surface area contributed by atoms with E-state index >= 15 is 0 Å². The predicted molar refractivity (Wildman–Crippen MR) is 140 cm³/mol. The molecule has 4 rings (SSSR count). The average Bonchev–Trinajstić information content (AvgIpc) is 2.86. The number of carbonyl (C=O) groups excluding carboxylic acids is 1. The van der Waals surface area contributed by atoms with E-state index in [0.29, 0.717) is 41.9 Å². The third-order valence-electron chi connectivity index (χ3n) is 6.65. The predicted octanol–water partition coefficient (Wildman–Crippen LogP) is 4.25. The molecule has 1 aliphatic rings. The van der Waals surface area contributed by atoms with Crippen LogP contribution in [-0.4, -0.2) is 59.6 Å². The molecule has 1 aromatic heterocycles. The fourth-order valence-electron chi connectivity index (χ4n) is 4.70. The molecule has 0 saturated carbocycles. The monoisotopic (exact) mass is 514 g/mol. The van der Waals surface area contributed by atoms with Crippen LogP contribution in [0.5, 0.6) is 5.75 Å². The van der Waals surface area contributed by atoms with Gasteiger partial charge in [-0.1, -0.05) is 17.7 Å². The number of hydrogen-bond donors (Lipinski definition) is 3. The zero-order chi connectivity index (χ0) is 25.9. The van der Waals surface area contributed by atoms with Gasteiger partial charge < -0.3 is 20.7 Å². The van der Waals surface area contributed by atoms with E-state index in [2.05, 4.69) is 30.8 Å². The van der Waals surface area contributed by atoms with E-state index in [1.165, 1.54) is 12.4 Å². The normalized spacial score (nSPS) is 15.3. The SMILES string of the molecule is COc1cc2ncnc(Nc3cccc(Cl)c3F)c2cc1CN(C)C1(C(=O)NC(C)C)CCNCC1. The number of piperidine rings is 1. The van der Waals surface area contributed by atoms with Gasteiger partial charge in [-0.25, -0.2) is 14.4 Å². The van der Waals surface area contributed by atoms with Gasteiger partial charge >= 0.3 is 0 Å². The summed E-state index contributed by atoms with van der Waals surface area (Å²) < 4.78 is 20.3. The first-order valence-corrected chi connectivity index (χ1v) is 12.4. The Hall–Kier alpha value is -3.01. The second kappa shape index (κ2) is 10.9. The molecule has 1 saturated heterocycles. The molecule has 0 unspecified atom stereocenters. The third-order valence-corrected chi connectivity index (χ3v) is 6.95. The lowest BCUT2D eigenvalue weighted by atomic mass is 9.85. The summed E-state index contributed by atoms with van der Waals surface area (Å²) in [7, 11) is 3.58. The van der Waals surface area contributed by atoms with Crippen LogP contribution in [0.15, 0.2) is 36.7 Å². The molecule has 8 nitrogen and oxygen atoms in total. The van der Waals surface area contributed by atoms with E-state index in [4.69, 9.17) is 16.3 Å². The molecule has 0 spiro atoms. The lowest BCUT2D eigenvalue weighted by Gasteiger charge is -2.44. The zero-order valence-corrected chi connectivity index (χ0v) is 21.7. The van der Waals surface area contributed by atoms with E-state index in [9.17, 15) is 9.18 Å². The van der Waals surface area contributed by atoms with Crippen LogP contribution in [0.1, 0.15) is 32.3 Å². The molecule has 1 fully saturated rings. The molecular formula is C26H32ClFN6O2. The van der Waals surface area contributed by atoms with Crippen molar-refractivity contribution in [2.45, 2.75) is 44.8 Å². The van der Waals surface area contributed by atoms with E-state index in [-0.39, 0.29) is 22.7 Å². The summed E-state index contributed by atoms with van der Waals surface area (Å²) in [6, 6.07) is 8.58. The number of halogens is 2. The van der Waals surface area contributed by atoms with Crippen molar-refractivity contribution in [1.82, 2.24) is 25.5 Å². The zero-order valence-electron chi connectivity index (χ0n) is 21.0. The fraction of sp³-hybridized carbons (Fsp3) is 0.423. The number of nitrogens with zero attached hydrogens (tertiary/aromatic N) is 3. The molecule has 36 heavy (non-hydrogen) atoms. The summed E-state index contributed by atoms with van der Waals surface area (Å²) >= 11 is 5.96. The van der Waals surface area contributed by atoms with Crippen LogP contribution >= 0.6 is 11.6 Å². The summed E-state index contributed by atoms with van der Waals surface area (Å²) in [5, 5.41) is 10.2. The quantitative estimate of drug-likeness (QED) is 0.414. The number of aromatic nitrogens is 2. The minimum absolute atomic E-state index is 0.0225. The molecule has 192 valence electrons. The van der Waals surface area contributed by atoms with Gasteiger partial charge in [-0.2, -0.15) is 0 Å². The van der Waals surface area contributed by atoms with Gasteiger partial charge in [-0.3, -0.25) is 9.69 Å². The molecule has 3 N–H and O–H groups in total. The third kappa shape index (κ3) is 5.23. The van der Waals surface area contributed by atoms with Crippen LogP contribution < -0.4 is 20.7 Å². The number of fused-ring (bicyclic) bond motifs is 1. The number of anilines is 2. The highest BCUT2D eigenvalue weighted by Gasteiger charge is 2.43. The number of amides is 1.